The van der Waals surface area contributed by atoms with Crippen LogP contribution in [0.15, 0.2) is 55.1 Å². The fourth-order valence-corrected chi connectivity index (χ4v) is 7.29. The van der Waals surface area contributed by atoms with E-state index >= 15 is 0 Å². The number of piperidine rings is 1. The van der Waals surface area contributed by atoms with Crippen LogP contribution in [0.5, 0.6) is 11.5 Å². The Kier molecular flexibility index (Phi) is 4.97. The van der Waals surface area contributed by atoms with E-state index in [1.807, 2.05) is 49.5 Å². The lowest BCUT2D eigenvalue weighted by Crippen LogP contribution is -2.68. The Morgan fingerprint density at radius 2 is 2.12 bits per heavy atom. The average Bonchev–Trinajstić information content (AvgIpc) is 3.19. The molecule has 2 aliphatic heterocycles. The van der Waals surface area contributed by atoms with Gasteiger partial charge < -0.3 is 14.7 Å². The van der Waals surface area contributed by atoms with Crippen molar-refractivity contribution in [2.45, 2.75) is 49.3 Å². The van der Waals surface area contributed by atoms with E-state index in [1.54, 1.807) is 11.0 Å². The van der Waals surface area contributed by atoms with E-state index in [4.69, 9.17) is 4.74 Å². The van der Waals surface area contributed by atoms with Crippen LogP contribution in [-0.2, 0) is 16.6 Å². The molecule has 0 unspecified atom stereocenters. The first-order valence-electron chi connectivity index (χ1n) is 12.3. The van der Waals surface area contributed by atoms with Crippen LogP contribution in [0.3, 0.4) is 0 Å². The molecule has 2 bridgehead atoms. The monoisotopic (exact) mass is 454 g/mol. The molecule has 2 heterocycles. The van der Waals surface area contributed by atoms with Crippen molar-refractivity contribution >= 4 is 5.91 Å². The van der Waals surface area contributed by atoms with E-state index in [2.05, 4.69) is 23.3 Å². The Morgan fingerprint density at radius 1 is 1.29 bits per heavy atom. The number of amides is 1. The third-order valence-electron chi connectivity index (χ3n) is 8.69. The van der Waals surface area contributed by atoms with Gasteiger partial charge in [0.05, 0.1) is 6.04 Å². The lowest BCUT2D eigenvalue weighted by atomic mass is 9.51. The summed E-state index contributed by atoms with van der Waals surface area (Å²) in [4.78, 5) is 17.5. The van der Waals surface area contributed by atoms with Gasteiger partial charge in [-0.05, 0) is 62.4 Å². The molecular formula is C29H30N2O3. The minimum atomic E-state index is -0.178. The summed E-state index contributed by atoms with van der Waals surface area (Å²) in [5, 5.41) is 10.8. The summed E-state index contributed by atoms with van der Waals surface area (Å²) in [6.45, 7) is 5.80. The molecule has 2 aromatic carbocycles. The average molecular weight is 455 g/mol. The van der Waals surface area contributed by atoms with E-state index in [-0.39, 0.29) is 23.5 Å². The quantitative estimate of drug-likeness (QED) is 0.570. The summed E-state index contributed by atoms with van der Waals surface area (Å²) < 4.78 is 6.68. The van der Waals surface area contributed by atoms with Crippen molar-refractivity contribution in [1.29, 1.82) is 0 Å². The number of likely N-dealkylation sites (tertiary alicyclic amines) is 1. The Hall–Kier alpha value is -3.23. The van der Waals surface area contributed by atoms with Crippen LogP contribution in [0, 0.1) is 17.8 Å². The summed E-state index contributed by atoms with van der Waals surface area (Å²) in [5.74, 6) is 7.37. The number of rotatable bonds is 3. The minimum Gasteiger partial charge on any atom is -0.508 e. The van der Waals surface area contributed by atoms with E-state index in [0.717, 1.165) is 55.6 Å². The van der Waals surface area contributed by atoms with Crippen LogP contribution < -0.4 is 4.74 Å². The Balaban J connectivity index is 1.37. The second kappa shape index (κ2) is 7.92. The number of ether oxygens (including phenoxy) is 1. The minimum absolute atomic E-state index is 0.0547. The molecule has 174 valence electrons. The summed E-state index contributed by atoms with van der Waals surface area (Å²) >= 11 is 0. The van der Waals surface area contributed by atoms with Crippen LogP contribution in [-0.4, -0.2) is 59.1 Å². The standard InChI is InChI=1S/C29H30N2O3/c1-3-16-31-17-15-29-21-10-11-22(30(2)26(33)14-9-19-7-5-4-6-8-19)28(29)34-25-13-12-24(32)20(27(25)29)18-23(21)31/h3-8,12-13,21-23,28,32H,1,10-11,15-18H2,2H3/t21-,22+,23+,28-,29-/m0/s1. The topological polar surface area (TPSA) is 53.0 Å². The van der Waals surface area contributed by atoms with Crippen LogP contribution in [0.2, 0.25) is 0 Å². The van der Waals surface area contributed by atoms with Gasteiger partial charge in [-0.1, -0.05) is 30.2 Å². The van der Waals surface area contributed by atoms with Gasteiger partial charge in [0.2, 0.25) is 0 Å². The number of nitrogens with zero attached hydrogens (tertiary/aromatic N) is 2. The van der Waals surface area contributed by atoms with Crippen LogP contribution in [0.1, 0.15) is 36.0 Å². The molecule has 5 atom stereocenters. The maximum atomic E-state index is 13.1. The lowest BCUT2D eigenvalue weighted by Gasteiger charge is -2.60. The highest BCUT2D eigenvalue weighted by Gasteiger charge is 2.66. The van der Waals surface area contributed by atoms with Gasteiger partial charge in [-0.25, -0.2) is 0 Å². The third kappa shape index (κ3) is 2.95. The number of carbonyl (C=O) groups excluding carboxylic acids is 1. The molecule has 1 saturated carbocycles. The number of aromatic hydroxyl groups is 1. The van der Waals surface area contributed by atoms with Gasteiger partial charge in [0.15, 0.2) is 0 Å². The normalized spacial score (nSPS) is 30.4. The molecule has 34 heavy (non-hydrogen) atoms. The molecule has 0 aromatic heterocycles. The zero-order chi connectivity index (χ0) is 23.4. The molecule has 2 aromatic rings. The molecule has 1 amide bonds. The van der Waals surface area contributed by atoms with E-state index < -0.39 is 0 Å². The molecule has 5 nitrogen and oxygen atoms in total. The van der Waals surface area contributed by atoms with Gasteiger partial charge in [-0.2, -0.15) is 0 Å². The molecule has 2 aliphatic carbocycles. The number of hydrogen-bond acceptors (Lipinski definition) is 4. The molecule has 2 fully saturated rings. The highest BCUT2D eigenvalue weighted by atomic mass is 16.5. The van der Waals surface area contributed by atoms with Crippen molar-refractivity contribution in [3.63, 3.8) is 0 Å². The third-order valence-corrected chi connectivity index (χ3v) is 8.69. The molecular weight excluding hydrogens is 424 g/mol. The maximum Gasteiger partial charge on any atom is 0.298 e. The molecule has 0 radical (unpaired) electrons. The smallest absolute Gasteiger partial charge is 0.298 e. The fourth-order valence-electron chi connectivity index (χ4n) is 7.29. The molecule has 1 N–H and O–H groups in total. The Bertz CT molecular complexity index is 1210. The Labute approximate surface area is 201 Å². The predicted molar refractivity (Wildman–Crippen MR) is 131 cm³/mol. The van der Waals surface area contributed by atoms with Crippen molar-refractivity contribution in [1.82, 2.24) is 9.80 Å². The van der Waals surface area contributed by atoms with Crippen molar-refractivity contribution in [3.05, 3.63) is 71.8 Å². The second-order valence-corrected chi connectivity index (χ2v) is 10.1. The zero-order valence-corrected chi connectivity index (χ0v) is 19.5. The van der Waals surface area contributed by atoms with Crippen molar-refractivity contribution < 1.29 is 14.6 Å². The van der Waals surface area contributed by atoms with Crippen molar-refractivity contribution in [2.75, 3.05) is 20.1 Å². The van der Waals surface area contributed by atoms with Gasteiger partial charge in [-0.3, -0.25) is 9.69 Å². The highest BCUT2D eigenvalue weighted by Crippen LogP contribution is 2.63. The number of phenolic OH excluding ortho intramolecular Hbond substituents is 1. The van der Waals surface area contributed by atoms with Crippen LogP contribution in [0.4, 0.5) is 0 Å². The van der Waals surface area contributed by atoms with Gasteiger partial charge >= 0.3 is 0 Å². The maximum absolute atomic E-state index is 13.1. The number of hydrogen-bond donors (Lipinski definition) is 1. The number of phenols is 1. The first kappa shape index (κ1) is 21.3. The highest BCUT2D eigenvalue weighted by molar-refractivity contribution is 5.94. The van der Waals surface area contributed by atoms with Crippen LogP contribution >= 0.6 is 0 Å². The van der Waals surface area contributed by atoms with E-state index in [1.165, 1.54) is 5.56 Å². The summed E-state index contributed by atoms with van der Waals surface area (Å²) in [7, 11) is 1.86. The summed E-state index contributed by atoms with van der Waals surface area (Å²) in [6, 6.07) is 13.6. The van der Waals surface area contributed by atoms with Crippen molar-refractivity contribution in [2.24, 2.45) is 5.92 Å². The van der Waals surface area contributed by atoms with Gasteiger partial charge in [0, 0.05) is 47.7 Å². The zero-order valence-electron chi connectivity index (χ0n) is 19.5. The first-order chi connectivity index (χ1) is 16.5. The molecule has 6 rings (SSSR count). The molecule has 1 saturated heterocycles. The lowest BCUT2D eigenvalue weighted by molar-refractivity contribution is -0.134. The van der Waals surface area contributed by atoms with Crippen LogP contribution in [0.25, 0.3) is 0 Å². The second-order valence-electron chi connectivity index (χ2n) is 10.1. The molecule has 5 heteroatoms. The molecule has 4 aliphatic rings. The number of benzene rings is 2. The summed E-state index contributed by atoms with van der Waals surface area (Å²) in [6.07, 6.45) is 5.58. The van der Waals surface area contributed by atoms with Gasteiger partial charge in [-0.15, -0.1) is 6.58 Å². The van der Waals surface area contributed by atoms with Crippen molar-refractivity contribution in [3.8, 4) is 23.3 Å². The number of likely N-dealkylation sites (N-methyl/N-ethyl adjacent to an activating group) is 1. The van der Waals surface area contributed by atoms with E-state index in [9.17, 15) is 9.90 Å². The fraction of sp³-hybridized carbons (Fsp3) is 0.414. The van der Waals surface area contributed by atoms with Gasteiger partial charge in [0.25, 0.3) is 5.91 Å². The first-order valence-corrected chi connectivity index (χ1v) is 12.3. The Morgan fingerprint density at radius 3 is 2.91 bits per heavy atom. The number of carbonyl (C=O) groups is 1. The largest absolute Gasteiger partial charge is 0.508 e. The SMILES string of the molecule is C=CCN1CC[C@@]23c4c5ccc(O)c4C[C@@H]1[C@@H]2CC[C@@H](N(C)C(=O)C#Cc1ccccc1)[C@@H]3O5. The van der Waals surface area contributed by atoms with E-state index in [0.29, 0.717) is 17.7 Å². The predicted octanol–water partition coefficient (Wildman–Crippen LogP) is 3.50. The summed E-state index contributed by atoms with van der Waals surface area (Å²) in [5.41, 5.74) is 2.90. The van der Waals surface area contributed by atoms with Gasteiger partial charge in [0.1, 0.15) is 17.6 Å². The molecule has 1 spiro atoms.